The molecule has 3 nitrogen and oxygen atoms in total. The fraction of sp³-hybridized carbons (Fsp3) is 0.917. The zero-order valence-corrected chi connectivity index (χ0v) is 11.5. The summed E-state index contributed by atoms with van der Waals surface area (Å²) in [5, 5.41) is 6.43. The van der Waals surface area contributed by atoms with E-state index in [1.54, 1.807) is 0 Å². The van der Waals surface area contributed by atoms with Crippen molar-refractivity contribution in [1.29, 1.82) is 0 Å². The molecule has 0 radical (unpaired) electrons. The van der Waals surface area contributed by atoms with Gasteiger partial charge >= 0.3 is 0 Å². The van der Waals surface area contributed by atoms with Gasteiger partial charge in [0.15, 0.2) is 0 Å². The van der Waals surface area contributed by atoms with Crippen molar-refractivity contribution in [2.24, 2.45) is 0 Å². The van der Waals surface area contributed by atoms with Crippen LogP contribution in [0.5, 0.6) is 0 Å². The smallest absolute Gasteiger partial charge is 0.221 e. The van der Waals surface area contributed by atoms with Crippen LogP contribution >= 0.6 is 11.8 Å². The second kappa shape index (κ2) is 6.50. The second-order valence-electron chi connectivity index (χ2n) is 5.41. The Morgan fingerprint density at radius 2 is 2.19 bits per heavy atom. The molecule has 0 bridgehead atoms. The van der Waals surface area contributed by atoms with E-state index in [1.165, 1.54) is 12.2 Å². The standard InChI is InChI=1S/C12H24N2OS/c1-12(2,3)13-7-6-11(15)14-10-5-4-8-16-9-10/h10,13H,4-9H2,1-3H3,(H,14,15). The van der Waals surface area contributed by atoms with Crippen molar-refractivity contribution in [1.82, 2.24) is 10.6 Å². The Bertz CT molecular complexity index is 220. The fourth-order valence-corrected chi connectivity index (χ4v) is 2.78. The van der Waals surface area contributed by atoms with E-state index >= 15 is 0 Å². The molecule has 1 fully saturated rings. The van der Waals surface area contributed by atoms with E-state index in [-0.39, 0.29) is 11.4 Å². The molecule has 1 unspecified atom stereocenters. The topological polar surface area (TPSA) is 41.1 Å². The van der Waals surface area contributed by atoms with Crippen LogP contribution in [0, 0.1) is 0 Å². The minimum Gasteiger partial charge on any atom is -0.353 e. The van der Waals surface area contributed by atoms with Crippen LogP contribution in [0.4, 0.5) is 0 Å². The van der Waals surface area contributed by atoms with Crippen LogP contribution < -0.4 is 10.6 Å². The van der Waals surface area contributed by atoms with E-state index in [0.29, 0.717) is 12.5 Å². The highest BCUT2D eigenvalue weighted by molar-refractivity contribution is 7.99. The first-order valence-corrected chi connectivity index (χ1v) is 7.25. The molecule has 1 rings (SSSR count). The van der Waals surface area contributed by atoms with Crippen LogP contribution in [0.25, 0.3) is 0 Å². The van der Waals surface area contributed by atoms with Crippen LogP contribution in [-0.4, -0.2) is 35.5 Å². The number of hydrogen-bond acceptors (Lipinski definition) is 3. The summed E-state index contributed by atoms with van der Waals surface area (Å²) in [7, 11) is 0. The number of hydrogen-bond donors (Lipinski definition) is 2. The molecule has 1 aliphatic heterocycles. The Morgan fingerprint density at radius 3 is 2.75 bits per heavy atom. The lowest BCUT2D eigenvalue weighted by atomic mass is 10.1. The second-order valence-corrected chi connectivity index (χ2v) is 6.56. The normalized spacial score (nSPS) is 21.8. The highest BCUT2D eigenvalue weighted by Crippen LogP contribution is 2.16. The molecule has 16 heavy (non-hydrogen) atoms. The molecule has 0 aromatic rings. The number of amides is 1. The maximum Gasteiger partial charge on any atom is 0.221 e. The van der Waals surface area contributed by atoms with E-state index < -0.39 is 0 Å². The van der Waals surface area contributed by atoms with Crippen LogP contribution in [0.15, 0.2) is 0 Å². The molecule has 0 aliphatic carbocycles. The molecule has 1 amide bonds. The van der Waals surface area contributed by atoms with Gasteiger partial charge in [-0.1, -0.05) is 0 Å². The molecule has 0 spiro atoms. The molecule has 1 heterocycles. The average Bonchev–Trinajstić information content (AvgIpc) is 2.17. The minimum absolute atomic E-state index is 0.0982. The predicted molar refractivity (Wildman–Crippen MR) is 70.9 cm³/mol. The first-order valence-electron chi connectivity index (χ1n) is 6.09. The molecular weight excluding hydrogens is 220 g/mol. The van der Waals surface area contributed by atoms with E-state index in [1.807, 2.05) is 11.8 Å². The monoisotopic (exact) mass is 244 g/mol. The van der Waals surface area contributed by atoms with Crippen molar-refractivity contribution in [2.75, 3.05) is 18.1 Å². The minimum atomic E-state index is 0.0982. The predicted octanol–water partition coefficient (Wildman–Crippen LogP) is 1.78. The highest BCUT2D eigenvalue weighted by Gasteiger charge is 2.16. The maximum atomic E-state index is 11.6. The first kappa shape index (κ1) is 13.8. The number of nitrogens with one attached hydrogen (secondary N) is 2. The van der Waals surface area contributed by atoms with Crippen molar-refractivity contribution in [2.45, 2.75) is 51.6 Å². The number of thioether (sulfide) groups is 1. The summed E-state index contributed by atoms with van der Waals surface area (Å²) in [4.78, 5) is 11.6. The van der Waals surface area contributed by atoms with Gasteiger partial charge in [0.05, 0.1) is 0 Å². The first-order chi connectivity index (χ1) is 7.47. The van der Waals surface area contributed by atoms with Crippen LogP contribution in [0.3, 0.4) is 0 Å². The third-order valence-electron chi connectivity index (χ3n) is 2.53. The van der Waals surface area contributed by atoms with E-state index in [0.717, 1.165) is 18.7 Å². The Labute approximate surface area is 103 Å². The van der Waals surface area contributed by atoms with Crippen molar-refractivity contribution < 1.29 is 4.79 Å². The molecule has 1 saturated heterocycles. The van der Waals surface area contributed by atoms with E-state index in [4.69, 9.17) is 0 Å². The highest BCUT2D eigenvalue weighted by atomic mass is 32.2. The zero-order chi connectivity index (χ0) is 12.0. The van der Waals surface area contributed by atoms with Crippen molar-refractivity contribution in [3.63, 3.8) is 0 Å². The lowest BCUT2D eigenvalue weighted by molar-refractivity contribution is -0.121. The molecular formula is C12H24N2OS. The quantitative estimate of drug-likeness (QED) is 0.792. The van der Waals surface area contributed by atoms with Gasteiger partial charge in [-0.3, -0.25) is 4.79 Å². The average molecular weight is 244 g/mol. The lowest BCUT2D eigenvalue weighted by Gasteiger charge is -2.23. The van der Waals surface area contributed by atoms with Gasteiger partial charge in [-0.25, -0.2) is 0 Å². The molecule has 1 atom stereocenters. The van der Waals surface area contributed by atoms with Crippen LogP contribution in [0.2, 0.25) is 0 Å². The van der Waals surface area contributed by atoms with Crippen LogP contribution in [-0.2, 0) is 4.79 Å². The number of carbonyl (C=O) groups excluding carboxylic acids is 1. The third kappa shape index (κ3) is 6.38. The van der Waals surface area contributed by atoms with Crippen LogP contribution in [0.1, 0.15) is 40.0 Å². The summed E-state index contributed by atoms with van der Waals surface area (Å²) in [5.41, 5.74) is 0.0982. The van der Waals surface area contributed by atoms with Gasteiger partial charge in [0.2, 0.25) is 5.91 Å². The largest absolute Gasteiger partial charge is 0.353 e. The molecule has 0 aromatic heterocycles. The SMILES string of the molecule is CC(C)(C)NCCC(=O)NC1CCCSC1. The molecule has 0 saturated carbocycles. The van der Waals surface area contributed by atoms with Gasteiger partial charge < -0.3 is 10.6 Å². The summed E-state index contributed by atoms with van der Waals surface area (Å²) in [6.45, 7) is 7.10. The Morgan fingerprint density at radius 1 is 1.44 bits per heavy atom. The third-order valence-corrected chi connectivity index (χ3v) is 3.75. The Hall–Kier alpha value is -0.220. The van der Waals surface area contributed by atoms with Gasteiger partial charge in [-0.05, 0) is 39.4 Å². The van der Waals surface area contributed by atoms with E-state index in [9.17, 15) is 4.79 Å². The van der Waals surface area contributed by atoms with Gasteiger partial charge in [0.1, 0.15) is 0 Å². The molecule has 1 aliphatic rings. The van der Waals surface area contributed by atoms with Crippen molar-refractivity contribution in [3.05, 3.63) is 0 Å². The van der Waals surface area contributed by atoms with Gasteiger partial charge in [0, 0.05) is 30.3 Å². The van der Waals surface area contributed by atoms with Crippen molar-refractivity contribution in [3.8, 4) is 0 Å². The summed E-state index contributed by atoms with van der Waals surface area (Å²) in [5.74, 6) is 2.51. The van der Waals surface area contributed by atoms with E-state index in [2.05, 4.69) is 31.4 Å². The number of rotatable bonds is 4. The van der Waals surface area contributed by atoms with Crippen molar-refractivity contribution >= 4 is 17.7 Å². The summed E-state index contributed by atoms with van der Waals surface area (Å²) >= 11 is 1.94. The lowest BCUT2D eigenvalue weighted by Crippen LogP contribution is -2.42. The Balaban J connectivity index is 2.10. The number of carbonyl (C=O) groups is 1. The molecule has 2 N–H and O–H groups in total. The summed E-state index contributed by atoms with van der Waals surface area (Å²) in [6.07, 6.45) is 2.96. The zero-order valence-electron chi connectivity index (χ0n) is 10.6. The molecule has 94 valence electrons. The summed E-state index contributed by atoms with van der Waals surface area (Å²) < 4.78 is 0. The van der Waals surface area contributed by atoms with Gasteiger partial charge in [0.25, 0.3) is 0 Å². The maximum absolute atomic E-state index is 11.6. The van der Waals surface area contributed by atoms with Gasteiger partial charge in [-0.2, -0.15) is 11.8 Å². The summed E-state index contributed by atoms with van der Waals surface area (Å²) in [6, 6.07) is 0.404. The Kier molecular flexibility index (Phi) is 5.62. The van der Waals surface area contributed by atoms with Gasteiger partial charge in [-0.15, -0.1) is 0 Å². The fourth-order valence-electron chi connectivity index (χ4n) is 1.71. The molecule has 0 aromatic carbocycles. The molecule has 4 heteroatoms.